The standard InChI is InChI=1S/C30H38N4O11/c1-6-43-28(41)17-11-44-29(45-17)32-10-13-9-16(33(2)3)14-7-12-8-15-21(34(4)5)24(37)20(27(31)40)26(39)30(15,42)25(38)18(12)23(36)19(14)22(13)35/h9,12,15,17-18,20-21,29,32,35,42H,6-8,10-11H2,1-5H3,(H2,31,40)/t12-,15-,17?,18?,20?,21-,29?,30-/m0/s1. The summed E-state index contributed by atoms with van der Waals surface area (Å²) in [6.45, 7) is 1.74. The van der Waals surface area contributed by atoms with Crippen molar-refractivity contribution in [2.45, 2.75) is 50.5 Å². The Labute approximate surface area is 258 Å². The number of nitrogens with zero attached hydrogens (tertiary/aromatic N) is 2. The number of aromatic hydroxyl groups is 1. The number of amides is 1. The molecule has 1 heterocycles. The van der Waals surface area contributed by atoms with E-state index in [0.717, 1.165) is 0 Å². The Bertz CT molecular complexity index is 1480. The summed E-state index contributed by atoms with van der Waals surface area (Å²) in [5.74, 6) is -11.7. The van der Waals surface area contributed by atoms with Gasteiger partial charge in [0.15, 0.2) is 40.8 Å². The van der Waals surface area contributed by atoms with Gasteiger partial charge in [0.1, 0.15) is 5.75 Å². The van der Waals surface area contributed by atoms with E-state index in [1.54, 1.807) is 32.0 Å². The van der Waals surface area contributed by atoms with Crippen molar-refractivity contribution in [3.05, 3.63) is 22.8 Å². The molecule has 1 saturated heterocycles. The van der Waals surface area contributed by atoms with Crippen LogP contribution in [0.3, 0.4) is 0 Å². The van der Waals surface area contributed by atoms with Crippen molar-refractivity contribution in [3.63, 3.8) is 0 Å². The van der Waals surface area contributed by atoms with E-state index >= 15 is 0 Å². The lowest BCUT2D eigenvalue weighted by Gasteiger charge is -2.52. The number of likely N-dealkylation sites (N-methyl/N-ethyl adjacent to an activating group) is 1. The Kier molecular flexibility index (Phi) is 8.61. The third-order valence-corrected chi connectivity index (χ3v) is 9.29. The van der Waals surface area contributed by atoms with Gasteiger partial charge < -0.3 is 35.1 Å². The lowest BCUT2D eigenvalue weighted by Crippen LogP contribution is -2.74. The van der Waals surface area contributed by atoms with Crippen LogP contribution >= 0.6 is 0 Å². The molecule has 0 bridgehead atoms. The van der Waals surface area contributed by atoms with Gasteiger partial charge in [-0.3, -0.25) is 34.2 Å². The Hall–Kier alpha value is -3.76. The number of rotatable bonds is 8. The second-order valence-corrected chi connectivity index (χ2v) is 12.4. The van der Waals surface area contributed by atoms with E-state index in [0.29, 0.717) is 11.3 Å². The van der Waals surface area contributed by atoms with Gasteiger partial charge in [0.05, 0.1) is 30.7 Å². The summed E-state index contributed by atoms with van der Waals surface area (Å²) in [7, 11) is 6.57. The number of ether oxygens (including phenoxy) is 3. The van der Waals surface area contributed by atoms with Gasteiger partial charge in [-0.15, -0.1) is 0 Å². The zero-order valence-corrected chi connectivity index (χ0v) is 25.7. The minimum absolute atomic E-state index is 0.0428. The second-order valence-electron chi connectivity index (χ2n) is 12.4. The summed E-state index contributed by atoms with van der Waals surface area (Å²) in [4.78, 5) is 82.3. The minimum Gasteiger partial charge on any atom is -0.507 e. The number of carbonyl (C=O) groups excluding carboxylic acids is 6. The van der Waals surface area contributed by atoms with Gasteiger partial charge in [-0.05, 0) is 51.4 Å². The Balaban J connectivity index is 1.50. The second kappa shape index (κ2) is 11.9. The Morgan fingerprint density at radius 2 is 1.84 bits per heavy atom. The van der Waals surface area contributed by atoms with Crippen molar-refractivity contribution in [3.8, 4) is 5.75 Å². The molecular formula is C30H38N4O11. The van der Waals surface area contributed by atoms with E-state index in [1.165, 1.54) is 19.0 Å². The quantitative estimate of drug-likeness (QED) is 0.186. The molecule has 15 nitrogen and oxygen atoms in total. The highest BCUT2D eigenvalue weighted by atomic mass is 16.8. The number of ketones is 4. The molecule has 1 aromatic carbocycles. The maximum Gasteiger partial charge on any atom is 0.337 e. The van der Waals surface area contributed by atoms with Crippen molar-refractivity contribution in [1.82, 2.24) is 10.2 Å². The van der Waals surface area contributed by atoms with Crippen LogP contribution < -0.4 is 16.0 Å². The van der Waals surface area contributed by atoms with Gasteiger partial charge in [-0.1, -0.05) is 0 Å². The summed E-state index contributed by atoms with van der Waals surface area (Å²) in [6.07, 6.45) is -1.84. The lowest BCUT2D eigenvalue weighted by molar-refractivity contribution is -0.181. The van der Waals surface area contributed by atoms with Crippen LogP contribution in [-0.2, 0) is 51.1 Å². The molecule has 2 saturated carbocycles. The highest BCUT2D eigenvalue weighted by Crippen LogP contribution is 2.52. The Morgan fingerprint density at radius 3 is 2.44 bits per heavy atom. The third kappa shape index (κ3) is 5.12. The first-order valence-electron chi connectivity index (χ1n) is 14.7. The molecule has 1 aliphatic heterocycles. The van der Waals surface area contributed by atoms with Crippen LogP contribution in [0.2, 0.25) is 0 Å². The molecule has 0 spiro atoms. The van der Waals surface area contributed by atoms with E-state index in [1.807, 2.05) is 0 Å². The maximum atomic E-state index is 14.2. The first-order valence-corrected chi connectivity index (χ1v) is 14.7. The van der Waals surface area contributed by atoms with Gasteiger partial charge in [-0.25, -0.2) is 4.79 Å². The molecule has 0 aromatic heterocycles. The zero-order valence-electron chi connectivity index (χ0n) is 25.7. The van der Waals surface area contributed by atoms with Crippen LogP contribution in [0, 0.1) is 23.7 Å². The van der Waals surface area contributed by atoms with Gasteiger partial charge in [0, 0.05) is 37.8 Å². The number of fused-ring (bicyclic) bond motifs is 3. The van der Waals surface area contributed by atoms with E-state index in [4.69, 9.17) is 19.9 Å². The molecule has 244 valence electrons. The maximum absolute atomic E-state index is 14.2. The molecule has 5 rings (SSSR count). The minimum atomic E-state index is -2.80. The number of phenolic OH excluding ortho intramolecular Hbond substituents is 1. The fraction of sp³-hybridized carbons (Fsp3) is 0.600. The number of anilines is 1. The van der Waals surface area contributed by atoms with E-state index in [2.05, 4.69) is 5.32 Å². The van der Waals surface area contributed by atoms with Crippen LogP contribution in [0.1, 0.15) is 34.8 Å². The van der Waals surface area contributed by atoms with Gasteiger partial charge in [0.2, 0.25) is 12.3 Å². The highest BCUT2D eigenvalue weighted by Gasteiger charge is 2.69. The monoisotopic (exact) mass is 630 g/mol. The molecule has 1 aromatic rings. The summed E-state index contributed by atoms with van der Waals surface area (Å²) in [6, 6.07) is 0.506. The molecule has 5 N–H and O–H groups in total. The number of Topliss-reactive ketones (excluding diaryl/α,β-unsaturated/α-hetero) is 4. The SMILES string of the molecule is CCOC(=O)C1COC(NCc2cc(N(C)C)c3c(c2O)C(=O)C2C(=O)[C@]4(O)C(=O)C(C(N)=O)C(=O)[C@@H](N(C)C)[C@@H]4C[C@@H]2C3)O1. The number of carbonyl (C=O) groups is 6. The van der Waals surface area contributed by atoms with Crippen LogP contribution in [0.4, 0.5) is 5.69 Å². The van der Waals surface area contributed by atoms with E-state index in [-0.39, 0.29) is 43.7 Å². The van der Waals surface area contributed by atoms with Crippen LogP contribution in [0.15, 0.2) is 6.07 Å². The highest BCUT2D eigenvalue weighted by molar-refractivity contribution is 6.32. The molecule has 4 aliphatic rings. The molecule has 4 unspecified atom stereocenters. The normalized spacial score (nSPS) is 32.6. The first kappa shape index (κ1) is 32.6. The first-order chi connectivity index (χ1) is 21.1. The van der Waals surface area contributed by atoms with Gasteiger partial charge in [0.25, 0.3) is 0 Å². The van der Waals surface area contributed by atoms with Crippen LogP contribution in [0.5, 0.6) is 5.75 Å². The van der Waals surface area contributed by atoms with Crippen molar-refractivity contribution in [2.24, 2.45) is 29.4 Å². The molecule has 3 aliphatic carbocycles. The van der Waals surface area contributed by atoms with Crippen molar-refractivity contribution in [1.29, 1.82) is 0 Å². The predicted octanol–water partition coefficient (Wildman–Crippen LogP) is -1.72. The number of nitrogens with one attached hydrogen (secondary N) is 1. The average molecular weight is 631 g/mol. The zero-order chi connectivity index (χ0) is 33.1. The summed E-state index contributed by atoms with van der Waals surface area (Å²) >= 11 is 0. The summed E-state index contributed by atoms with van der Waals surface area (Å²) < 4.78 is 15.9. The van der Waals surface area contributed by atoms with Crippen molar-refractivity contribution >= 4 is 40.7 Å². The predicted molar refractivity (Wildman–Crippen MR) is 154 cm³/mol. The molecule has 8 atom stereocenters. The topological polar surface area (TPSA) is 215 Å². The number of nitrogens with two attached hydrogens (primary N) is 1. The van der Waals surface area contributed by atoms with Crippen LogP contribution in [-0.4, -0.2) is 116 Å². The molecule has 3 fully saturated rings. The fourth-order valence-electron chi connectivity index (χ4n) is 7.30. The summed E-state index contributed by atoms with van der Waals surface area (Å²) in [5.41, 5.74) is 3.78. The van der Waals surface area contributed by atoms with Gasteiger partial charge in [-0.2, -0.15) is 0 Å². The van der Waals surface area contributed by atoms with E-state index in [9.17, 15) is 39.0 Å². The number of aliphatic hydroxyl groups is 1. The van der Waals surface area contributed by atoms with E-state index < -0.39 is 88.6 Å². The number of phenols is 1. The number of benzene rings is 1. The molecular weight excluding hydrogens is 592 g/mol. The lowest BCUT2D eigenvalue weighted by atomic mass is 9.52. The number of esters is 1. The number of hydrogen-bond acceptors (Lipinski definition) is 14. The molecule has 15 heteroatoms. The Morgan fingerprint density at radius 1 is 1.16 bits per heavy atom. The number of hydrogen-bond donors (Lipinski definition) is 4. The van der Waals surface area contributed by atoms with Gasteiger partial charge >= 0.3 is 5.97 Å². The average Bonchev–Trinajstić information content (AvgIpc) is 3.43. The van der Waals surface area contributed by atoms with Crippen LogP contribution in [0.25, 0.3) is 0 Å². The summed E-state index contributed by atoms with van der Waals surface area (Å²) in [5, 5.41) is 26.1. The fourth-order valence-corrected chi connectivity index (χ4v) is 7.30. The van der Waals surface area contributed by atoms with Crippen molar-refractivity contribution in [2.75, 3.05) is 46.3 Å². The molecule has 45 heavy (non-hydrogen) atoms. The third-order valence-electron chi connectivity index (χ3n) is 9.29. The molecule has 0 radical (unpaired) electrons. The number of primary amides is 1. The largest absolute Gasteiger partial charge is 0.507 e. The molecule has 1 amide bonds. The van der Waals surface area contributed by atoms with Crippen molar-refractivity contribution < 1.29 is 53.2 Å². The smallest absolute Gasteiger partial charge is 0.337 e.